The van der Waals surface area contributed by atoms with Crippen LogP contribution >= 0.6 is 0 Å². The van der Waals surface area contributed by atoms with Crippen molar-refractivity contribution >= 4 is 43.6 Å². The van der Waals surface area contributed by atoms with Gasteiger partial charge in [0.05, 0.1) is 48.3 Å². The van der Waals surface area contributed by atoms with E-state index in [2.05, 4.69) is 0 Å². The van der Waals surface area contributed by atoms with Gasteiger partial charge in [0.2, 0.25) is 0 Å². The topological polar surface area (TPSA) is 9.86 Å². The number of para-hydroxylation sites is 3. The van der Waals surface area contributed by atoms with Crippen LogP contribution in [0.2, 0.25) is 0 Å². The third kappa shape index (κ3) is 3.01. The maximum Gasteiger partial charge on any atom is 0.0645 e. The van der Waals surface area contributed by atoms with Gasteiger partial charge in [0.25, 0.3) is 0 Å². The van der Waals surface area contributed by atoms with Gasteiger partial charge in [-0.1, -0.05) is 103 Å². The van der Waals surface area contributed by atoms with Crippen molar-refractivity contribution in [1.29, 1.82) is 0 Å². The summed E-state index contributed by atoms with van der Waals surface area (Å²) < 4.78 is 135. The third-order valence-electron chi connectivity index (χ3n) is 6.69. The van der Waals surface area contributed by atoms with E-state index in [1.807, 2.05) is 30.3 Å². The molecule has 8 rings (SSSR count). The molecule has 0 fully saturated rings. The molecule has 0 saturated carbocycles. The smallest absolute Gasteiger partial charge is 0.0645 e. The highest BCUT2D eigenvalue weighted by Crippen LogP contribution is 2.39. The lowest BCUT2D eigenvalue weighted by atomic mass is 10.1. The lowest BCUT2D eigenvalue weighted by Gasteiger charge is -2.12. The van der Waals surface area contributed by atoms with Gasteiger partial charge in [-0.2, -0.15) is 0 Å². The van der Waals surface area contributed by atoms with Crippen molar-refractivity contribution in [3.05, 3.63) is 145 Å². The van der Waals surface area contributed by atoms with Gasteiger partial charge in [-0.3, -0.25) is 0 Å². The Balaban J connectivity index is 1.67. The van der Waals surface area contributed by atoms with Gasteiger partial charge >= 0.3 is 0 Å². The van der Waals surface area contributed by atoms with E-state index in [0.717, 1.165) is 15.7 Å². The van der Waals surface area contributed by atoms with Crippen LogP contribution in [0.1, 0.15) is 20.6 Å². The number of hydrogen-bond donors (Lipinski definition) is 0. The molecule has 0 aliphatic rings. The molecule has 178 valence electrons. The molecule has 0 atom stereocenters. The molecule has 0 bridgehead atoms. The van der Waals surface area contributed by atoms with Crippen molar-refractivity contribution in [2.45, 2.75) is 0 Å². The Kier molecular flexibility index (Phi) is 2.41. The Morgan fingerprint density at radius 1 is 0.421 bits per heavy atom. The van der Waals surface area contributed by atoms with Gasteiger partial charge in [0.1, 0.15) is 0 Å². The zero-order valence-corrected chi connectivity index (χ0v) is 19.6. The second kappa shape index (κ2) is 8.22. The summed E-state index contributed by atoms with van der Waals surface area (Å²) in [5, 5.41) is -0.848. The van der Waals surface area contributed by atoms with Gasteiger partial charge in [-0.25, -0.2) is 0 Å². The highest BCUT2D eigenvalue weighted by atomic mass is 15.0. The van der Waals surface area contributed by atoms with Crippen molar-refractivity contribution in [2.24, 2.45) is 0 Å². The quantitative estimate of drug-likeness (QED) is 0.229. The van der Waals surface area contributed by atoms with Gasteiger partial charge in [0.15, 0.2) is 0 Å². The first-order chi connectivity index (χ1) is 25.1. The minimum Gasteiger partial charge on any atom is -0.309 e. The first-order valence-corrected chi connectivity index (χ1v) is 11.8. The Hall–Kier alpha value is -5.08. The molecule has 0 aliphatic heterocycles. The highest BCUT2D eigenvalue weighted by molar-refractivity contribution is 6.16. The molecule has 2 aromatic heterocycles. The van der Waals surface area contributed by atoms with Crippen molar-refractivity contribution in [2.75, 3.05) is 0 Å². The van der Waals surface area contributed by atoms with Crippen LogP contribution in [-0.2, 0) is 0 Å². The van der Waals surface area contributed by atoms with E-state index in [1.54, 1.807) is 24.3 Å². The normalized spacial score (nSPS) is 17.2. The van der Waals surface area contributed by atoms with E-state index < -0.39 is 90.6 Å². The van der Waals surface area contributed by atoms with Crippen molar-refractivity contribution in [3.63, 3.8) is 0 Å². The third-order valence-corrected chi connectivity index (χ3v) is 6.69. The van der Waals surface area contributed by atoms with Crippen molar-refractivity contribution < 1.29 is 20.6 Å². The predicted octanol–water partition coefficient (Wildman–Crippen LogP) is 9.55. The van der Waals surface area contributed by atoms with Crippen molar-refractivity contribution in [3.8, 4) is 22.5 Å². The summed E-state index contributed by atoms with van der Waals surface area (Å²) in [6, 6.07) is 7.07. The van der Waals surface area contributed by atoms with E-state index in [9.17, 15) is 2.74 Å². The summed E-state index contributed by atoms with van der Waals surface area (Å²) in [4.78, 5) is 0. The van der Waals surface area contributed by atoms with Crippen LogP contribution < -0.4 is 0 Å². The largest absolute Gasteiger partial charge is 0.309 e. The predicted molar refractivity (Wildman–Crippen MR) is 161 cm³/mol. The molecule has 8 aromatic rings. The lowest BCUT2D eigenvalue weighted by Crippen LogP contribution is -1.96. The fourth-order valence-electron chi connectivity index (χ4n) is 5.06. The summed E-state index contributed by atoms with van der Waals surface area (Å²) >= 11 is 0. The fraction of sp³-hybridized carbons (Fsp3) is 0. The minimum atomic E-state index is -0.698. The van der Waals surface area contributed by atoms with Crippen LogP contribution in [-0.4, -0.2) is 9.13 Å². The zero-order valence-electron chi connectivity index (χ0n) is 34.6. The molecule has 2 heteroatoms. The molecule has 0 spiro atoms. The SMILES string of the molecule is [2H]c1c([2H])c([2H])c2c(c1[2H])c1c(-n3c4c([2H])c([2H])c([2H])c([2H])c4c4c([2H])c([2H])c([2H])c([2H])c43)c([2H])c([2H])c([2H])c1n2-c1ccc(-c2ccccc2)cc1. The highest BCUT2D eigenvalue weighted by Gasteiger charge is 2.19. The van der Waals surface area contributed by atoms with Gasteiger partial charge < -0.3 is 9.13 Å². The van der Waals surface area contributed by atoms with Crippen LogP contribution in [0.3, 0.4) is 0 Å². The van der Waals surface area contributed by atoms with E-state index in [-0.39, 0.29) is 49.3 Å². The lowest BCUT2D eigenvalue weighted by molar-refractivity contribution is 1.17. The average molecular weight is 500 g/mol. The van der Waals surface area contributed by atoms with Crippen molar-refractivity contribution in [1.82, 2.24) is 9.13 Å². The Labute approximate surface area is 241 Å². The summed E-state index contributed by atoms with van der Waals surface area (Å²) in [5.41, 5.74) is 0.835. The maximum absolute atomic E-state index is 9.30. The van der Waals surface area contributed by atoms with Crippen LogP contribution in [0.4, 0.5) is 0 Å². The summed E-state index contributed by atoms with van der Waals surface area (Å²) in [5.74, 6) is 0. The van der Waals surface area contributed by atoms with Gasteiger partial charge in [-0.05, 0) is 53.5 Å². The molecule has 0 saturated heterocycles. The molecular formula is C36H24N2. The van der Waals surface area contributed by atoms with E-state index >= 15 is 0 Å². The molecule has 0 amide bonds. The number of fused-ring (bicyclic) bond motifs is 6. The van der Waals surface area contributed by atoms with E-state index in [4.69, 9.17) is 17.8 Å². The summed E-state index contributed by atoms with van der Waals surface area (Å²) in [7, 11) is 0. The zero-order chi connectivity index (χ0) is 38.1. The van der Waals surface area contributed by atoms with Crippen LogP contribution in [0, 0.1) is 0 Å². The molecule has 2 heterocycles. The van der Waals surface area contributed by atoms with E-state index in [0.29, 0.717) is 5.69 Å². The van der Waals surface area contributed by atoms with E-state index in [1.165, 1.54) is 4.57 Å². The van der Waals surface area contributed by atoms with Crippen LogP contribution in [0.25, 0.3) is 66.1 Å². The number of rotatable bonds is 3. The number of hydrogen-bond acceptors (Lipinski definition) is 0. The molecule has 0 aliphatic carbocycles. The Bertz CT molecular complexity index is 2850. The minimum absolute atomic E-state index is 0.0946. The van der Waals surface area contributed by atoms with Gasteiger partial charge in [0, 0.05) is 27.2 Å². The number of benzene rings is 6. The molecule has 0 radical (unpaired) electrons. The second-order valence-corrected chi connectivity index (χ2v) is 8.70. The maximum atomic E-state index is 9.30. The molecule has 2 nitrogen and oxygen atoms in total. The first-order valence-electron chi connectivity index (χ1n) is 19.3. The van der Waals surface area contributed by atoms with Crippen LogP contribution in [0.5, 0.6) is 0 Å². The molecule has 0 unspecified atom stereocenters. The number of aromatic nitrogens is 2. The molecule has 6 aromatic carbocycles. The molecule has 0 N–H and O–H groups in total. The average Bonchev–Trinajstić information content (AvgIpc) is 3.71. The summed E-state index contributed by atoms with van der Waals surface area (Å²) in [6.45, 7) is 0. The molecule has 38 heavy (non-hydrogen) atoms. The van der Waals surface area contributed by atoms with Gasteiger partial charge in [-0.15, -0.1) is 0 Å². The Morgan fingerprint density at radius 3 is 1.61 bits per heavy atom. The summed E-state index contributed by atoms with van der Waals surface area (Å²) in [6.07, 6.45) is 0. The fourth-order valence-corrected chi connectivity index (χ4v) is 5.06. The molecular weight excluding hydrogens is 460 g/mol. The standard InChI is InChI=1S/C36H24N2/c1-2-11-25(12-3-1)26-21-23-27(24-22-26)37-33-18-9-6-15-30(33)36-34(37)19-10-20-35(36)38-31-16-7-4-13-28(31)29-14-5-8-17-32(29)38/h1-24H/i4D,5D,6D,7D,8D,9D,10D,13D,14D,15D,16D,17D,18D,19D,20D. The van der Waals surface area contributed by atoms with Crippen LogP contribution in [0.15, 0.2) is 145 Å². The Morgan fingerprint density at radius 2 is 0.947 bits per heavy atom. The second-order valence-electron chi connectivity index (χ2n) is 8.70. The monoisotopic (exact) mass is 499 g/mol. The first kappa shape index (κ1) is 11.1. The number of nitrogens with zero attached hydrogens (tertiary/aromatic N) is 2.